The maximum atomic E-state index is 12.2. The molecule has 0 aliphatic heterocycles. The molecular weight excluding hydrogens is 248 g/mol. The van der Waals surface area contributed by atoms with Gasteiger partial charge < -0.3 is 5.73 Å². The lowest BCUT2D eigenvalue weighted by Crippen LogP contribution is -2.37. The number of benzene rings is 1. The molecule has 0 saturated heterocycles. The molecule has 0 spiro atoms. The summed E-state index contributed by atoms with van der Waals surface area (Å²) in [6.07, 6.45) is 5.32. The van der Waals surface area contributed by atoms with Crippen LogP contribution in [0.4, 0.5) is 5.69 Å². The average Bonchev–Trinajstić information content (AvgIpc) is 2.24. The number of hydrogen-bond donors (Lipinski definition) is 2. The first kappa shape index (κ1) is 14.6. The fraction of sp³-hybridized carbons (Fsp3) is 0.385. The number of nitrogen functional groups attached to an aromatic ring is 1. The van der Waals surface area contributed by atoms with Crippen LogP contribution in [0.1, 0.15) is 19.4 Å². The second kappa shape index (κ2) is 5.42. The highest BCUT2D eigenvalue weighted by Crippen LogP contribution is 2.18. The quantitative estimate of drug-likeness (QED) is 0.641. The fourth-order valence-corrected chi connectivity index (χ4v) is 3.10. The van der Waals surface area contributed by atoms with Gasteiger partial charge in [0.1, 0.15) is 0 Å². The molecule has 0 aliphatic carbocycles. The Bertz CT molecular complexity index is 571. The summed E-state index contributed by atoms with van der Waals surface area (Å²) in [4.78, 5) is 0.206. The molecule has 4 nitrogen and oxygen atoms in total. The molecule has 1 unspecified atom stereocenters. The molecule has 18 heavy (non-hydrogen) atoms. The van der Waals surface area contributed by atoms with Crippen molar-refractivity contribution in [2.75, 3.05) is 5.73 Å². The SMILES string of the molecule is C#CC(NS(=O)(=O)c1ccc(N)cc1C)C(C)C. The Balaban J connectivity index is 3.11. The third-order valence-corrected chi connectivity index (χ3v) is 4.22. The molecule has 0 aromatic heterocycles. The summed E-state index contributed by atoms with van der Waals surface area (Å²) in [7, 11) is -3.61. The first-order valence-corrected chi connectivity index (χ1v) is 7.11. The van der Waals surface area contributed by atoms with E-state index in [4.69, 9.17) is 12.2 Å². The minimum absolute atomic E-state index is 0.0267. The van der Waals surface area contributed by atoms with E-state index >= 15 is 0 Å². The van der Waals surface area contributed by atoms with E-state index in [9.17, 15) is 8.42 Å². The Labute approximate surface area is 109 Å². The minimum Gasteiger partial charge on any atom is -0.399 e. The van der Waals surface area contributed by atoms with Crippen LogP contribution in [0.25, 0.3) is 0 Å². The van der Waals surface area contributed by atoms with Crippen molar-refractivity contribution in [1.82, 2.24) is 4.72 Å². The number of anilines is 1. The molecule has 0 heterocycles. The zero-order valence-corrected chi connectivity index (χ0v) is 11.6. The first-order valence-electron chi connectivity index (χ1n) is 5.62. The highest BCUT2D eigenvalue weighted by Gasteiger charge is 2.22. The average molecular weight is 266 g/mol. The number of terminal acetylenes is 1. The van der Waals surface area contributed by atoms with E-state index in [1.54, 1.807) is 19.1 Å². The second-order valence-corrected chi connectivity index (χ2v) is 6.22. The van der Waals surface area contributed by atoms with Gasteiger partial charge >= 0.3 is 0 Å². The maximum Gasteiger partial charge on any atom is 0.241 e. The summed E-state index contributed by atoms with van der Waals surface area (Å²) in [5.74, 6) is 2.47. The Hall–Kier alpha value is -1.51. The van der Waals surface area contributed by atoms with Crippen LogP contribution in [0, 0.1) is 25.2 Å². The molecule has 3 N–H and O–H groups in total. The molecule has 0 saturated carbocycles. The van der Waals surface area contributed by atoms with Gasteiger partial charge in [-0.25, -0.2) is 8.42 Å². The van der Waals surface area contributed by atoms with Gasteiger partial charge in [-0.05, 0) is 36.6 Å². The van der Waals surface area contributed by atoms with Gasteiger partial charge in [0.05, 0.1) is 10.9 Å². The van der Waals surface area contributed by atoms with Gasteiger partial charge in [-0.3, -0.25) is 0 Å². The van der Waals surface area contributed by atoms with Crippen molar-refractivity contribution in [1.29, 1.82) is 0 Å². The normalized spacial score (nSPS) is 13.3. The van der Waals surface area contributed by atoms with Gasteiger partial charge in [-0.2, -0.15) is 4.72 Å². The molecule has 0 radical (unpaired) electrons. The van der Waals surface area contributed by atoms with Crippen molar-refractivity contribution in [3.8, 4) is 12.3 Å². The largest absolute Gasteiger partial charge is 0.399 e. The molecular formula is C13H18N2O2S. The standard InChI is InChI=1S/C13H18N2O2S/c1-5-12(9(2)3)15-18(16,17)13-7-6-11(14)8-10(13)4/h1,6-9,12,15H,14H2,2-4H3. The topological polar surface area (TPSA) is 72.2 Å². The van der Waals surface area contributed by atoms with E-state index in [1.807, 2.05) is 13.8 Å². The van der Waals surface area contributed by atoms with E-state index < -0.39 is 16.1 Å². The summed E-state index contributed by atoms with van der Waals surface area (Å²) < 4.78 is 26.9. The van der Waals surface area contributed by atoms with Gasteiger partial charge in [0.15, 0.2) is 0 Å². The third kappa shape index (κ3) is 3.25. The fourth-order valence-electron chi connectivity index (χ4n) is 1.57. The zero-order valence-electron chi connectivity index (χ0n) is 10.8. The third-order valence-electron chi connectivity index (χ3n) is 2.62. The van der Waals surface area contributed by atoms with Crippen LogP contribution in [0.2, 0.25) is 0 Å². The lowest BCUT2D eigenvalue weighted by Gasteiger charge is -2.17. The van der Waals surface area contributed by atoms with Gasteiger partial charge in [-0.1, -0.05) is 19.8 Å². The van der Waals surface area contributed by atoms with Crippen LogP contribution >= 0.6 is 0 Å². The smallest absolute Gasteiger partial charge is 0.241 e. The minimum atomic E-state index is -3.61. The lowest BCUT2D eigenvalue weighted by molar-refractivity contribution is 0.518. The van der Waals surface area contributed by atoms with Crippen molar-refractivity contribution >= 4 is 15.7 Å². The van der Waals surface area contributed by atoms with Crippen LogP contribution in [0.5, 0.6) is 0 Å². The van der Waals surface area contributed by atoms with Crippen molar-refractivity contribution in [2.24, 2.45) is 5.92 Å². The molecule has 1 aromatic carbocycles. The van der Waals surface area contributed by atoms with E-state index in [2.05, 4.69) is 10.6 Å². The highest BCUT2D eigenvalue weighted by molar-refractivity contribution is 7.89. The van der Waals surface area contributed by atoms with Crippen molar-refractivity contribution in [2.45, 2.75) is 31.7 Å². The number of aryl methyl sites for hydroxylation is 1. The summed E-state index contributed by atoms with van der Waals surface area (Å²) in [5, 5.41) is 0. The Morgan fingerprint density at radius 2 is 2.00 bits per heavy atom. The van der Waals surface area contributed by atoms with Gasteiger partial charge in [0.25, 0.3) is 0 Å². The molecule has 5 heteroatoms. The Morgan fingerprint density at radius 1 is 1.39 bits per heavy atom. The number of nitrogens with one attached hydrogen (secondary N) is 1. The van der Waals surface area contributed by atoms with Gasteiger partial charge in [0, 0.05) is 5.69 Å². The maximum absolute atomic E-state index is 12.2. The van der Waals surface area contributed by atoms with Crippen LogP contribution in [-0.4, -0.2) is 14.5 Å². The van der Waals surface area contributed by atoms with E-state index in [0.717, 1.165) is 0 Å². The second-order valence-electron chi connectivity index (χ2n) is 4.53. The molecule has 1 atom stereocenters. The molecule has 1 aromatic rings. The summed E-state index contributed by atoms with van der Waals surface area (Å²) in [5.41, 5.74) is 6.73. The molecule has 98 valence electrons. The summed E-state index contributed by atoms with van der Waals surface area (Å²) in [6.45, 7) is 5.43. The number of hydrogen-bond acceptors (Lipinski definition) is 3. The first-order chi connectivity index (χ1) is 8.27. The summed E-state index contributed by atoms with van der Waals surface area (Å²) >= 11 is 0. The lowest BCUT2D eigenvalue weighted by atomic mass is 10.1. The Morgan fingerprint density at radius 3 is 2.44 bits per heavy atom. The molecule has 0 fully saturated rings. The van der Waals surface area contributed by atoms with Crippen molar-refractivity contribution in [3.63, 3.8) is 0 Å². The van der Waals surface area contributed by atoms with E-state index in [-0.39, 0.29) is 10.8 Å². The van der Waals surface area contributed by atoms with E-state index in [0.29, 0.717) is 11.3 Å². The molecule has 1 rings (SSSR count). The van der Waals surface area contributed by atoms with Gasteiger partial charge in [0.2, 0.25) is 10.0 Å². The monoisotopic (exact) mass is 266 g/mol. The van der Waals surface area contributed by atoms with Crippen molar-refractivity contribution < 1.29 is 8.42 Å². The van der Waals surface area contributed by atoms with Crippen molar-refractivity contribution in [3.05, 3.63) is 23.8 Å². The number of sulfonamides is 1. The zero-order chi connectivity index (χ0) is 13.9. The highest BCUT2D eigenvalue weighted by atomic mass is 32.2. The molecule has 0 amide bonds. The van der Waals surface area contributed by atoms with Crippen LogP contribution in [-0.2, 0) is 10.0 Å². The molecule has 0 aliphatic rings. The number of rotatable bonds is 4. The van der Waals surface area contributed by atoms with Crippen LogP contribution < -0.4 is 10.5 Å². The summed E-state index contributed by atoms with van der Waals surface area (Å²) in [6, 6.07) is 4.14. The van der Waals surface area contributed by atoms with Crippen LogP contribution in [0.15, 0.2) is 23.1 Å². The predicted octanol–water partition coefficient (Wildman–Crippen LogP) is 1.51. The number of nitrogens with two attached hydrogens (primary N) is 1. The van der Waals surface area contributed by atoms with Gasteiger partial charge in [-0.15, -0.1) is 6.42 Å². The Kier molecular flexibility index (Phi) is 4.38. The molecule has 0 bridgehead atoms. The predicted molar refractivity (Wildman–Crippen MR) is 73.4 cm³/mol. The van der Waals surface area contributed by atoms with E-state index in [1.165, 1.54) is 6.07 Å². The van der Waals surface area contributed by atoms with Crippen LogP contribution in [0.3, 0.4) is 0 Å².